The van der Waals surface area contributed by atoms with E-state index >= 15 is 0 Å². The van der Waals surface area contributed by atoms with Gasteiger partial charge in [-0.2, -0.15) is 4.72 Å². The van der Waals surface area contributed by atoms with Crippen LogP contribution >= 0.6 is 0 Å². The van der Waals surface area contributed by atoms with E-state index in [2.05, 4.69) is 10.0 Å². The Morgan fingerprint density at radius 3 is 2.12 bits per heavy atom. The molecule has 0 heterocycles. The summed E-state index contributed by atoms with van der Waals surface area (Å²) in [5.74, 6) is -2.30. The molecule has 0 saturated carbocycles. The minimum Gasteiger partial charge on any atom is -0.454 e. The van der Waals surface area contributed by atoms with Crippen molar-refractivity contribution in [3.05, 3.63) is 59.7 Å². The molecule has 2 N–H and O–H groups in total. The summed E-state index contributed by atoms with van der Waals surface area (Å²) in [4.78, 5) is 38.5. The van der Waals surface area contributed by atoms with Crippen LogP contribution in [0.15, 0.2) is 53.4 Å². The van der Waals surface area contributed by atoms with Gasteiger partial charge in [0.2, 0.25) is 15.9 Å². The van der Waals surface area contributed by atoms with Gasteiger partial charge in [-0.25, -0.2) is 8.42 Å². The van der Waals surface area contributed by atoms with E-state index in [0.717, 1.165) is 16.0 Å². The highest BCUT2D eigenvalue weighted by molar-refractivity contribution is 7.89. The fraction of sp³-hybridized carbons (Fsp3) is 0.375. The highest BCUT2D eigenvalue weighted by Crippen LogP contribution is 2.19. The first kappa shape index (κ1) is 27.0. The lowest BCUT2D eigenvalue weighted by atomic mass is 10.1. The molecule has 0 unspecified atom stereocenters. The molecule has 0 spiro atoms. The predicted molar refractivity (Wildman–Crippen MR) is 129 cm³/mol. The normalized spacial score (nSPS) is 12.2. The minimum atomic E-state index is -3.96. The number of carbonyl (C=O) groups excluding carboxylic acids is 3. The van der Waals surface area contributed by atoms with Crippen molar-refractivity contribution in [1.82, 2.24) is 9.62 Å². The molecule has 0 aliphatic rings. The van der Waals surface area contributed by atoms with Crippen LogP contribution in [-0.2, 0) is 29.1 Å². The van der Waals surface area contributed by atoms with Gasteiger partial charge in [0.1, 0.15) is 6.04 Å². The molecular formula is C24H31N3O6S. The smallest absolute Gasteiger partial charge is 0.324 e. The third-order valence-corrected chi connectivity index (χ3v) is 6.60. The van der Waals surface area contributed by atoms with E-state index in [0.29, 0.717) is 5.69 Å². The molecule has 0 saturated heterocycles. The standard InChI is InChI=1S/C24H31N3O6S/c1-16(2)22(26-34(31,32)19-12-7-6-8-13-19)24(30)33-15-21(29)27(5)14-20(28)25-23-17(3)10-9-11-18(23)4/h6-13,16,22,26H,14-15H2,1-5H3,(H,25,28)/t22-/m0/s1. The molecule has 2 aromatic carbocycles. The van der Waals surface area contributed by atoms with Crippen molar-refractivity contribution in [1.29, 1.82) is 0 Å². The zero-order valence-electron chi connectivity index (χ0n) is 20.0. The summed E-state index contributed by atoms with van der Waals surface area (Å²) in [6, 6.07) is 12.1. The van der Waals surface area contributed by atoms with Gasteiger partial charge in [0, 0.05) is 12.7 Å². The van der Waals surface area contributed by atoms with Crippen LogP contribution in [0.3, 0.4) is 0 Å². The van der Waals surface area contributed by atoms with Crippen molar-refractivity contribution in [2.45, 2.75) is 38.6 Å². The van der Waals surface area contributed by atoms with Crippen molar-refractivity contribution in [3.8, 4) is 0 Å². The van der Waals surface area contributed by atoms with Crippen molar-refractivity contribution in [2.75, 3.05) is 25.5 Å². The fourth-order valence-electron chi connectivity index (χ4n) is 3.12. The van der Waals surface area contributed by atoms with Crippen LogP contribution < -0.4 is 10.0 Å². The van der Waals surface area contributed by atoms with Crippen LogP contribution in [0.2, 0.25) is 0 Å². The Kier molecular flexibility index (Phi) is 9.34. The summed E-state index contributed by atoms with van der Waals surface area (Å²) in [5.41, 5.74) is 2.48. The number of benzene rings is 2. The van der Waals surface area contributed by atoms with Crippen LogP contribution in [0.1, 0.15) is 25.0 Å². The van der Waals surface area contributed by atoms with E-state index < -0.39 is 46.4 Å². The number of nitrogens with zero attached hydrogens (tertiary/aromatic N) is 1. The molecule has 2 amide bonds. The number of esters is 1. The number of ether oxygens (including phenoxy) is 1. The first-order valence-electron chi connectivity index (χ1n) is 10.8. The molecule has 10 heteroatoms. The summed E-state index contributed by atoms with van der Waals surface area (Å²) in [7, 11) is -2.54. The molecule has 1 atom stereocenters. The average Bonchev–Trinajstić information content (AvgIpc) is 2.78. The summed E-state index contributed by atoms with van der Waals surface area (Å²) < 4.78 is 32.6. The van der Waals surface area contributed by atoms with Crippen LogP contribution in [0.5, 0.6) is 0 Å². The van der Waals surface area contributed by atoms with Crippen LogP contribution in [0, 0.1) is 19.8 Å². The van der Waals surface area contributed by atoms with Gasteiger partial charge in [-0.3, -0.25) is 14.4 Å². The van der Waals surface area contributed by atoms with Gasteiger partial charge in [-0.1, -0.05) is 50.2 Å². The zero-order chi connectivity index (χ0) is 25.5. The number of rotatable bonds is 10. The van der Waals surface area contributed by atoms with Gasteiger partial charge in [0.25, 0.3) is 5.91 Å². The SMILES string of the molecule is Cc1cccc(C)c1NC(=O)CN(C)C(=O)COC(=O)[C@@H](NS(=O)(=O)c1ccccc1)C(C)C. The summed E-state index contributed by atoms with van der Waals surface area (Å²) in [6.45, 7) is 6.19. The molecule has 0 fully saturated rings. The number of hydrogen-bond acceptors (Lipinski definition) is 6. The van der Waals surface area contributed by atoms with E-state index in [4.69, 9.17) is 4.74 Å². The van der Waals surface area contributed by atoms with E-state index in [1.54, 1.807) is 32.0 Å². The second-order valence-corrected chi connectivity index (χ2v) is 10.0. The van der Waals surface area contributed by atoms with Crippen LogP contribution in [0.25, 0.3) is 0 Å². The Bertz CT molecular complexity index is 1110. The quantitative estimate of drug-likeness (QED) is 0.494. The Morgan fingerprint density at radius 2 is 1.56 bits per heavy atom. The topological polar surface area (TPSA) is 122 Å². The van der Waals surface area contributed by atoms with E-state index in [9.17, 15) is 22.8 Å². The highest BCUT2D eigenvalue weighted by atomic mass is 32.2. The first-order chi connectivity index (χ1) is 15.9. The molecule has 184 valence electrons. The second-order valence-electron chi connectivity index (χ2n) is 8.33. The van der Waals surface area contributed by atoms with Crippen LogP contribution in [0.4, 0.5) is 5.69 Å². The van der Waals surface area contributed by atoms with Gasteiger partial charge >= 0.3 is 5.97 Å². The summed E-state index contributed by atoms with van der Waals surface area (Å²) >= 11 is 0. The lowest BCUT2D eigenvalue weighted by Crippen LogP contribution is -2.46. The average molecular weight is 490 g/mol. The lowest BCUT2D eigenvalue weighted by Gasteiger charge is -2.22. The van der Waals surface area contributed by atoms with Crippen molar-refractivity contribution < 1.29 is 27.5 Å². The number of hydrogen-bond donors (Lipinski definition) is 2. The second kappa shape index (κ2) is 11.8. The molecule has 9 nitrogen and oxygen atoms in total. The number of sulfonamides is 1. The van der Waals surface area contributed by atoms with Gasteiger partial charge in [0.05, 0.1) is 11.4 Å². The lowest BCUT2D eigenvalue weighted by molar-refractivity contribution is -0.154. The molecule has 34 heavy (non-hydrogen) atoms. The predicted octanol–water partition coefficient (Wildman–Crippen LogP) is 2.25. The molecular weight excluding hydrogens is 458 g/mol. The summed E-state index contributed by atoms with van der Waals surface area (Å²) in [5, 5.41) is 2.79. The Balaban J connectivity index is 1.93. The molecule has 0 bridgehead atoms. The van der Waals surface area contributed by atoms with Gasteiger partial charge in [-0.15, -0.1) is 0 Å². The number of anilines is 1. The molecule has 0 aromatic heterocycles. The van der Waals surface area contributed by atoms with Gasteiger partial charge < -0.3 is 15.0 Å². The van der Waals surface area contributed by atoms with Crippen molar-refractivity contribution in [2.24, 2.45) is 5.92 Å². The number of para-hydroxylation sites is 1. The largest absolute Gasteiger partial charge is 0.454 e. The molecule has 2 rings (SSSR count). The molecule has 0 aliphatic heterocycles. The maximum Gasteiger partial charge on any atom is 0.324 e. The van der Waals surface area contributed by atoms with E-state index in [1.165, 1.54) is 19.2 Å². The van der Waals surface area contributed by atoms with Crippen LogP contribution in [-0.4, -0.2) is 57.3 Å². The number of carbonyl (C=O) groups is 3. The Labute approximate surface area is 200 Å². The Morgan fingerprint density at radius 1 is 0.971 bits per heavy atom. The van der Waals surface area contributed by atoms with Gasteiger partial charge in [0.15, 0.2) is 6.61 Å². The van der Waals surface area contributed by atoms with E-state index in [-0.39, 0.29) is 11.4 Å². The highest BCUT2D eigenvalue weighted by Gasteiger charge is 2.30. The number of amides is 2. The number of nitrogens with one attached hydrogen (secondary N) is 2. The zero-order valence-corrected chi connectivity index (χ0v) is 20.8. The minimum absolute atomic E-state index is 0.0131. The molecule has 0 radical (unpaired) electrons. The van der Waals surface area contributed by atoms with Gasteiger partial charge in [-0.05, 0) is 43.0 Å². The van der Waals surface area contributed by atoms with E-state index in [1.807, 2.05) is 32.0 Å². The number of likely N-dealkylation sites (N-methyl/N-ethyl adjacent to an activating group) is 1. The van der Waals surface area contributed by atoms with Crippen molar-refractivity contribution in [3.63, 3.8) is 0 Å². The third-order valence-electron chi connectivity index (χ3n) is 5.15. The molecule has 2 aromatic rings. The molecule has 0 aliphatic carbocycles. The maximum absolute atomic E-state index is 12.6. The monoisotopic (exact) mass is 489 g/mol. The third kappa shape index (κ3) is 7.39. The Hall–Kier alpha value is -3.24. The van der Waals surface area contributed by atoms with Crippen molar-refractivity contribution >= 4 is 33.5 Å². The fourth-order valence-corrected chi connectivity index (χ4v) is 4.47. The summed E-state index contributed by atoms with van der Waals surface area (Å²) in [6.07, 6.45) is 0. The number of aryl methyl sites for hydroxylation is 2. The maximum atomic E-state index is 12.6. The first-order valence-corrected chi connectivity index (χ1v) is 12.2.